The second kappa shape index (κ2) is 5.89. The summed E-state index contributed by atoms with van der Waals surface area (Å²) in [6, 6.07) is 12.5. The molecule has 6 heteroatoms. The molecule has 3 heterocycles. The summed E-state index contributed by atoms with van der Waals surface area (Å²) in [6.07, 6.45) is -2.37. The highest BCUT2D eigenvalue weighted by molar-refractivity contribution is 5.75. The number of rotatable bonds is 2. The van der Waals surface area contributed by atoms with Gasteiger partial charge in [0.2, 0.25) is 0 Å². The molecule has 2 fully saturated rings. The average molecular weight is 374 g/mol. The van der Waals surface area contributed by atoms with Crippen LogP contribution in [-0.4, -0.2) is 32.8 Å². The molecule has 1 unspecified atom stereocenters. The molecule has 2 aromatic rings. The van der Waals surface area contributed by atoms with Crippen molar-refractivity contribution < 1.29 is 17.9 Å². The van der Waals surface area contributed by atoms with E-state index in [0.29, 0.717) is 19.8 Å². The van der Waals surface area contributed by atoms with Crippen LogP contribution in [0.2, 0.25) is 0 Å². The molecule has 3 aliphatic heterocycles. The van der Waals surface area contributed by atoms with Crippen molar-refractivity contribution >= 4 is 17.1 Å². The highest BCUT2D eigenvalue weighted by Crippen LogP contribution is 2.50. The van der Waals surface area contributed by atoms with E-state index in [-0.39, 0.29) is 5.41 Å². The molecule has 0 N–H and O–H groups in total. The Bertz CT molecular complexity index is 870. The zero-order valence-corrected chi connectivity index (χ0v) is 14.9. The van der Waals surface area contributed by atoms with E-state index < -0.39 is 11.7 Å². The number of nitrogens with zero attached hydrogens (tertiary/aromatic N) is 2. The van der Waals surface area contributed by atoms with Gasteiger partial charge in [0.05, 0.1) is 12.2 Å². The summed E-state index contributed by atoms with van der Waals surface area (Å²) < 4.78 is 45.5. The van der Waals surface area contributed by atoms with Crippen LogP contribution in [-0.2, 0) is 16.3 Å². The zero-order chi connectivity index (χ0) is 18.6. The highest BCUT2D eigenvalue weighted by atomic mass is 19.4. The number of hydrogen-bond acceptors (Lipinski definition) is 3. The monoisotopic (exact) mass is 374 g/mol. The van der Waals surface area contributed by atoms with E-state index in [2.05, 4.69) is 21.9 Å². The number of alkyl halides is 3. The fourth-order valence-electron chi connectivity index (χ4n) is 4.45. The summed E-state index contributed by atoms with van der Waals surface area (Å²) in [4.78, 5) is 4.48. The fraction of sp³-hybridized carbons (Fsp3) is 0.429. The number of ether oxygens (including phenoxy) is 1. The van der Waals surface area contributed by atoms with Crippen molar-refractivity contribution in [2.24, 2.45) is 0 Å². The molecule has 0 radical (unpaired) electrons. The molecule has 0 aliphatic carbocycles. The maximum Gasteiger partial charge on any atom is 0.416 e. The van der Waals surface area contributed by atoms with Gasteiger partial charge in [0.1, 0.15) is 0 Å². The third-order valence-electron chi connectivity index (χ3n) is 6.11. The standard InChI is InChI=1S/C21H21F3N2O/c22-21(23,24)15-5-6-19-18(11-15)20(7-10-27-14-20)13-26(19)17-4-1-3-16(12-17)25-8-2-9-25/h1,3-6,11-12H,2,7-10,13-14H2. The third-order valence-corrected chi connectivity index (χ3v) is 6.11. The molecule has 0 bridgehead atoms. The van der Waals surface area contributed by atoms with Gasteiger partial charge in [-0.3, -0.25) is 0 Å². The van der Waals surface area contributed by atoms with Crippen LogP contribution in [0.1, 0.15) is 24.0 Å². The van der Waals surface area contributed by atoms with Crippen LogP contribution in [0.4, 0.5) is 30.2 Å². The zero-order valence-electron chi connectivity index (χ0n) is 14.9. The molecule has 0 saturated carbocycles. The van der Waals surface area contributed by atoms with Crippen molar-refractivity contribution in [3.63, 3.8) is 0 Å². The van der Waals surface area contributed by atoms with Crippen LogP contribution in [0.5, 0.6) is 0 Å². The molecule has 1 atom stereocenters. The van der Waals surface area contributed by atoms with E-state index in [9.17, 15) is 13.2 Å². The van der Waals surface area contributed by atoms with Crippen LogP contribution >= 0.6 is 0 Å². The van der Waals surface area contributed by atoms with E-state index in [4.69, 9.17) is 4.74 Å². The van der Waals surface area contributed by atoms with Crippen LogP contribution in [0.3, 0.4) is 0 Å². The summed E-state index contributed by atoms with van der Waals surface area (Å²) in [5, 5.41) is 0. The van der Waals surface area contributed by atoms with E-state index in [1.54, 1.807) is 6.07 Å². The van der Waals surface area contributed by atoms with Crippen LogP contribution < -0.4 is 9.80 Å². The topological polar surface area (TPSA) is 15.7 Å². The Balaban J connectivity index is 1.58. The SMILES string of the molecule is FC(F)(F)c1ccc2c(c1)C1(CCOC1)CN2c1cccc(N2CCC2)c1. The Hall–Kier alpha value is -2.21. The molecule has 5 rings (SSSR count). The lowest BCUT2D eigenvalue weighted by molar-refractivity contribution is -0.137. The Morgan fingerprint density at radius 3 is 2.48 bits per heavy atom. The van der Waals surface area contributed by atoms with Crippen molar-refractivity contribution in [1.29, 1.82) is 0 Å². The van der Waals surface area contributed by atoms with Crippen LogP contribution in [0.25, 0.3) is 0 Å². The van der Waals surface area contributed by atoms with Gasteiger partial charge < -0.3 is 14.5 Å². The van der Waals surface area contributed by atoms with E-state index in [1.165, 1.54) is 24.2 Å². The summed E-state index contributed by atoms with van der Waals surface area (Å²) in [5.74, 6) is 0. The van der Waals surface area contributed by atoms with Gasteiger partial charge in [-0.25, -0.2) is 0 Å². The molecule has 142 valence electrons. The fourth-order valence-corrected chi connectivity index (χ4v) is 4.45. The Labute approximate surface area is 156 Å². The Kier molecular flexibility index (Phi) is 3.69. The quantitative estimate of drug-likeness (QED) is 0.756. The molecule has 3 nitrogen and oxygen atoms in total. The van der Waals surface area contributed by atoms with Gasteiger partial charge in [-0.05, 0) is 54.8 Å². The smallest absolute Gasteiger partial charge is 0.380 e. The van der Waals surface area contributed by atoms with Gasteiger partial charge in [-0.15, -0.1) is 0 Å². The average Bonchev–Trinajstić information content (AvgIpc) is 3.19. The highest BCUT2D eigenvalue weighted by Gasteiger charge is 2.47. The van der Waals surface area contributed by atoms with Crippen molar-refractivity contribution in [2.75, 3.05) is 42.6 Å². The van der Waals surface area contributed by atoms with Crippen molar-refractivity contribution in [2.45, 2.75) is 24.4 Å². The second-order valence-electron chi connectivity index (χ2n) is 7.76. The predicted octanol–water partition coefficient (Wildman–Crippen LogP) is 4.73. The molecule has 2 saturated heterocycles. The van der Waals surface area contributed by atoms with Crippen molar-refractivity contribution in [3.8, 4) is 0 Å². The first kappa shape index (κ1) is 16.9. The first-order valence-electron chi connectivity index (χ1n) is 9.38. The van der Waals surface area contributed by atoms with Crippen molar-refractivity contribution in [1.82, 2.24) is 0 Å². The summed E-state index contributed by atoms with van der Waals surface area (Å²) in [5.41, 5.74) is 2.91. The summed E-state index contributed by atoms with van der Waals surface area (Å²) in [6.45, 7) is 3.85. The molecule has 0 aromatic heterocycles. The van der Waals surface area contributed by atoms with E-state index in [1.807, 2.05) is 12.1 Å². The lowest BCUT2D eigenvalue weighted by atomic mass is 9.81. The largest absolute Gasteiger partial charge is 0.416 e. The van der Waals surface area contributed by atoms with Crippen LogP contribution in [0, 0.1) is 0 Å². The minimum Gasteiger partial charge on any atom is -0.380 e. The predicted molar refractivity (Wildman–Crippen MR) is 98.8 cm³/mol. The molecular weight excluding hydrogens is 353 g/mol. The lowest BCUT2D eigenvalue weighted by Gasteiger charge is -2.34. The molecule has 27 heavy (non-hydrogen) atoms. The summed E-state index contributed by atoms with van der Waals surface area (Å²) in [7, 11) is 0. The minimum absolute atomic E-state index is 0.358. The first-order valence-corrected chi connectivity index (χ1v) is 9.38. The van der Waals surface area contributed by atoms with Crippen LogP contribution in [0.15, 0.2) is 42.5 Å². The third kappa shape index (κ3) is 2.69. The van der Waals surface area contributed by atoms with Gasteiger partial charge in [-0.2, -0.15) is 13.2 Å². The van der Waals surface area contributed by atoms with Gasteiger partial charge in [0.25, 0.3) is 0 Å². The Morgan fingerprint density at radius 2 is 1.81 bits per heavy atom. The molecule has 3 aliphatic rings. The molecule has 0 amide bonds. The second-order valence-corrected chi connectivity index (χ2v) is 7.76. The van der Waals surface area contributed by atoms with Gasteiger partial charge >= 0.3 is 6.18 Å². The molecule has 2 aromatic carbocycles. The number of hydrogen-bond donors (Lipinski definition) is 0. The molecule has 1 spiro atoms. The maximum atomic E-state index is 13.3. The van der Waals surface area contributed by atoms with Crippen molar-refractivity contribution in [3.05, 3.63) is 53.6 Å². The Morgan fingerprint density at radius 1 is 1.00 bits per heavy atom. The van der Waals surface area contributed by atoms with Gasteiger partial charge in [-0.1, -0.05) is 6.07 Å². The van der Waals surface area contributed by atoms with E-state index in [0.717, 1.165) is 36.4 Å². The number of anilines is 3. The normalized spacial score (nSPS) is 24.4. The minimum atomic E-state index is -4.33. The lowest BCUT2D eigenvalue weighted by Crippen LogP contribution is -2.37. The summed E-state index contributed by atoms with van der Waals surface area (Å²) >= 11 is 0. The first-order chi connectivity index (χ1) is 13.0. The maximum absolute atomic E-state index is 13.3. The number of fused-ring (bicyclic) bond motifs is 2. The van der Waals surface area contributed by atoms with Gasteiger partial charge in [0, 0.05) is 48.7 Å². The molecular formula is C21H21F3N2O. The van der Waals surface area contributed by atoms with Gasteiger partial charge in [0.15, 0.2) is 0 Å². The number of halogens is 3. The van der Waals surface area contributed by atoms with E-state index >= 15 is 0 Å². The number of benzene rings is 2.